The van der Waals surface area contributed by atoms with Crippen LogP contribution in [0.2, 0.25) is 0 Å². The van der Waals surface area contributed by atoms with E-state index in [0.29, 0.717) is 19.3 Å². The molecule has 0 spiro atoms. The minimum atomic E-state index is 0.610. The zero-order valence-corrected chi connectivity index (χ0v) is 9.45. The molecular weight excluding hydrogens is 192 g/mol. The molecule has 0 fully saturated rings. The number of hydrogen-bond donors (Lipinski definition) is 0. The van der Waals surface area contributed by atoms with E-state index in [-0.39, 0.29) is 0 Å². The van der Waals surface area contributed by atoms with Gasteiger partial charge in [0.1, 0.15) is 5.75 Å². The van der Waals surface area contributed by atoms with Gasteiger partial charge in [-0.25, -0.2) is 0 Å². The van der Waals surface area contributed by atoms with Crippen molar-refractivity contribution >= 4 is 0 Å². The van der Waals surface area contributed by atoms with Crippen LogP contribution >= 0.6 is 0 Å². The summed E-state index contributed by atoms with van der Waals surface area (Å²) in [6.45, 7) is 2.66. The average molecular weight is 209 g/mol. The first-order valence-corrected chi connectivity index (χ1v) is 4.95. The lowest BCUT2D eigenvalue weighted by molar-refractivity contribution is 0.00266. The molecule has 3 nitrogen and oxygen atoms in total. The van der Waals surface area contributed by atoms with E-state index in [1.54, 1.807) is 14.2 Å². The number of ether oxygens (including phenoxy) is 3. The van der Waals surface area contributed by atoms with Gasteiger partial charge in [-0.2, -0.15) is 0 Å². The Morgan fingerprint density at radius 1 is 1.07 bits per heavy atom. The van der Waals surface area contributed by atoms with Crippen molar-refractivity contribution in [3.63, 3.8) is 0 Å². The van der Waals surface area contributed by atoms with E-state index in [4.69, 9.17) is 14.2 Å². The first-order chi connectivity index (χ1) is 7.30. The van der Waals surface area contributed by atoms with Crippen LogP contribution in [0, 0.1) is 6.29 Å². The largest absolute Gasteiger partial charge is 0.494 e. The number of benzene rings is 1. The summed E-state index contributed by atoms with van der Waals surface area (Å²) in [6.07, 6.45) is 1.28. The van der Waals surface area contributed by atoms with Gasteiger partial charge in [0.05, 0.1) is 6.61 Å². The summed E-state index contributed by atoms with van der Waals surface area (Å²) < 4.78 is 15.4. The fraction of sp³-hybridized carbons (Fsp3) is 0.417. The molecule has 3 heteroatoms. The summed E-state index contributed by atoms with van der Waals surface area (Å²) in [6, 6.07) is 7.90. The fourth-order valence-corrected chi connectivity index (χ4v) is 1.26. The summed E-state index contributed by atoms with van der Waals surface area (Å²) in [5.74, 6) is 0.887. The Morgan fingerprint density at radius 2 is 1.67 bits per heavy atom. The minimum Gasteiger partial charge on any atom is -0.494 e. The molecule has 0 aliphatic heterocycles. The quantitative estimate of drug-likeness (QED) is 0.720. The maximum Gasteiger partial charge on any atom is 0.227 e. The molecule has 0 aliphatic carbocycles. The van der Waals surface area contributed by atoms with Crippen molar-refractivity contribution in [3.05, 3.63) is 36.1 Å². The summed E-state index contributed by atoms with van der Waals surface area (Å²) in [5, 5.41) is 0. The van der Waals surface area contributed by atoms with Gasteiger partial charge in [0.25, 0.3) is 0 Å². The van der Waals surface area contributed by atoms with Gasteiger partial charge >= 0.3 is 0 Å². The Balaban J connectivity index is 2.55. The Hall–Kier alpha value is -1.06. The second-order valence-electron chi connectivity index (χ2n) is 3.03. The summed E-state index contributed by atoms with van der Waals surface area (Å²) in [4.78, 5) is 0. The van der Waals surface area contributed by atoms with Crippen LogP contribution in [0.3, 0.4) is 0 Å². The molecule has 15 heavy (non-hydrogen) atoms. The van der Waals surface area contributed by atoms with E-state index in [1.807, 2.05) is 31.2 Å². The Morgan fingerprint density at radius 3 is 2.13 bits per heavy atom. The number of hydrogen-bond acceptors (Lipinski definition) is 3. The molecule has 0 aromatic heterocycles. The highest BCUT2D eigenvalue weighted by atomic mass is 16.7. The van der Waals surface area contributed by atoms with Crippen LogP contribution in [0.1, 0.15) is 12.5 Å². The van der Waals surface area contributed by atoms with E-state index in [0.717, 1.165) is 11.3 Å². The van der Waals surface area contributed by atoms with Crippen LogP contribution < -0.4 is 4.74 Å². The Kier molecular flexibility index (Phi) is 5.15. The van der Waals surface area contributed by atoms with Crippen LogP contribution in [-0.2, 0) is 15.9 Å². The first kappa shape index (κ1) is 12.0. The molecule has 83 valence electrons. The van der Waals surface area contributed by atoms with Crippen molar-refractivity contribution in [1.29, 1.82) is 0 Å². The predicted octanol–water partition coefficient (Wildman–Crippen LogP) is 2.41. The van der Waals surface area contributed by atoms with E-state index >= 15 is 0 Å². The topological polar surface area (TPSA) is 27.7 Å². The maximum atomic E-state index is 5.35. The van der Waals surface area contributed by atoms with E-state index in [9.17, 15) is 0 Å². The normalized spacial score (nSPS) is 10.7. The molecule has 0 heterocycles. The van der Waals surface area contributed by atoms with Crippen molar-refractivity contribution in [2.75, 3.05) is 20.8 Å². The highest BCUT2D eigenvalue weighted by Crippen LogP contribution is 2.16. The van der Waals surface area contributed by atoms with E-state index in [2.05, 4.69) is 0 Å². The third kappa shape index (κ3) is 3.90. The molecule has 0 unspecified atom stereocenters. The molecule has 0 bridgehead atoms. The van der Waals surface area contributed by atoms with E-state index in [1.165, 1.54) is 0 Å². The Bertz CT molecular complexity index is 265. The molecule has 1 aromatic carbocycles. The average Bonchev–Trinajstić information content (AvgIpc) is 2.28. The zero-order chi connectivity index (χ0) is 11.1. The van der Waals surface area contributed by atoms with Gasteiger partial charge in [-0.1, -0.05) is 12.1 Å². The van der Waals surface area contributed by atoms with Crippen LogP contribution in [-0.4, -0.2) is 20.8 Å². The number of rotatable bonds is 6. The summed E-state index contributed by atoms with van der Waals surface area (Å²) >= 11 is 0. The molecule has 1 radical (unpaired) electrons. The molecule has 0 aliphatic rings. The van der Waals surface area contributed by atoms with Crippen molar-refractivity contribution in [3.8, 4) is 5.75 Å². The van der Waals surface area contributed by atoms with Gasteiger partial charge in [-0.15, -0.1) is 0 Å². The zero-order valence-electron chi connectivity index (χ0n) is 9.45. The molecule has 1 rings (SSSR count). The van der Waals surface area contributed by atoms with Crippen molar-refractivity contribution in [2.24, 2.45) is 0 Å². The van der Waals surface area contributed by atoms with Crippen molar-refractivity contribution in [2.45, 2.75) is 13.3 Å². The SMILES string of the molecule is CCOc1ccc(C[C](OC)OC)cc1. The molecule has 0 N–H and O–H groups in total. The lowest BCUT2D eigenvalue weighted by atomic mass is 10.1. The summed E-state index contributed by atoms with van der Waals surface area (Å²) in [5.41, 5.74) is 1.14. The van der Waals surface area contributed by atoms with Crippen molar-refractivity contribution < 1.29 is 14.2 Å². The number of methoxy groups -OCH3 is 2. The highest BCUT2D eigenvalue weighted by Gasteiger charge is 2.08. The third-order valence-electron chi connectivity index (χ3n) is 2.04. The van der Waals surface area contributed by atoms with Crippen LogP contribution in [0.15, 0.2) is 24.3 Å². The lowest BCUT2D eigenvalue weighted by Crippen LogP contribution is -2.06. The van der Waals surface area contributed by atoms with Crippen LogP contribution in [0.5, 0.6) is 5.75 Å². The van der Waals surface area contributed by atoms with Gasteiger partial charge in [0.2, 0.25) is 6.29 Å². The second-order valence-corrected chi connectivity index (χ2v) is 3.03. The van der Waals surface area contributed by atoms with Gasteiger partial charge in [0.15, 0.2) is 0 Å². The van der Waals surface area contributed by atoms with Gasteiger partial charge < -0.3 is 14.2 Å². The summed E-state index contributed by atoms with van der Waals surface area (Å²) in [7, 11) is 3.21. The predicted molar refractivity (Wildman–Crippen MR) is 58.6 cm³/mol. The van der Waals surface area contributed by atoms with Gasteiger partial charge in [0, 0.05) is 20.6 Å². The van der Waals surface area contributed by atoms with Crippen molar-refractivity contribution in [1.82, 2.24) is 0 Å². The van der Waals surface area contributed by atoms with Crippen LogP contribution in [0.25, 0.3) is 0 Å². The van der Waals surface area contributed by atoms with E-state index < -0.39 is 0 Å². The Labute approximate surface area is 91.0 Å². The van der Waals surface area contributed by atoms with Gasteiger partial charge in [-0.3, -0.25) is 0 Å². The molecule has 0 saturated heterocycles. The highest BCUT2D eigenvalue weighted by molar-refractivity contribution is 5.28. The first-order valence-electron chi connectivity index (χ1n) is 4.95. The maximum absolute atomic E-state index is 5.35. The third-order valence-corrected chi connectivity index (χ3v) is 2.04. The van der Waals surface area contributed by atoms with Gasteiger partial charge in [-0.05, 0) is 24.6 Å². The molecule has 0 saturated carbocycles. The monoisotopic (exact) mass is 209 g/mol. The fourth-order valence-electron chi connectivity index (χ4n) is 1.26. The second kappa shape index (κ2) is 6.43. The molecular formula is C12H17O3. The molecule has 0 atom stereocenters. The van der Waals surface area contributed by atoms with Crippen LogP contribution in [0.4, 0.5) is 0 Å². The molecule has 0 amide bonds. The lowest BCUT2D eigenvalue weighted by Gasteiger charge is -2.11. The molecule has 1 aromatic rings. The standard InChI is InChI=1S/C12H17O3/c1-4-15-11-7-5-10(6-8-11)9-12(13-2)14-3/h5-8H,4,9H2,1-3H3. The minimum absolute atomic E-state index is 0.610. The smallest absolute Gasteiger partial charge is 0.227 e.